The molecule has 17 heavy (non-hydrogen) atoms. The molecule has 2 rings (SSSR count). The Bertz CT molecular complexity index is 592. The van der Waals surface area contributed by atoms with Crippen molar-refractivity contribution in [2.24, 2.45) is 5.73 Å². The first-order valence-electron chi connectivity index (χ1n) is 5.01. The van der Waals surface area contributed by atoms with Gasteiger partial charge in [-0.05, 0) is 18.6 Å². The highest BCUT2D eigenvalue weighted by Crippen LogP contribution is 2.34. The summed E-state index contributed by atoms with van der Waals surface area (Å²) in [6, 6.07) is 1.90. The lowest BCUT2D eigenvalue weighted by Crippen LogP contribution is -2.10. The SMILES string of the molecule is COCc1cc(C)c2c(N)c(C(N)=O)sc2n1. The van der Waals surface area contributed by atoms with Crippen LogP contribution >= 0.6 is 11.3 Å². The lowest BCUT2D eigenvalue weighted by atomic mass is 10.1. The summed E-state index contributed by atoms with van der Waals surface area (Å²) in [5.74, 6) is -0.516. The van der Waals surface area contributed by atoms with Gasteiger partial charge in [0.1, 0.15) is 9.71 Å². The summed E-state index contributed by atoms with van der Waals surface area (Å²) in [6.07, 6.45) is 0. The normalized spacial score (nSPS) is 10.9. The van der Waals surface area contributed by atoms with E-state index in [-0.39, 0.29) is 0 Å². The predicted octanol–water partition coefficient (Wildman–Crippen LogP) is 1.43. The standard InChI is InChI=1S/C11H13N3O2S/c1-5-3-6(4-16-2)14-11-7(5)8(12)9(17-11)10(13)15/h3H,4,12H2,1-2H3,(H2,13,15). The zero-order valence-corrected chi connectivity index (χ0v) is 10.4. The lowest BCUT2D eigenvalue weighted by Gasteiger charge is -2.02. The Labute approximate surface area is 102 Å². The van der Waals surface area contributed by atoms with Crippen LogP contribution in [-0.2, 0) is 11.3 Å². The average molecular weight is 251 g/mol. The van der Waals surface area contributed by atoms with Crippen molar-refractivity contribution in [2.75, 3.05) is 12.8 Å². The molecule has 1 amide bonds. The molecule has 0 saturated heterocycles. The van der Waals surface area contributed by atoms with Gasteiger partial charge in [0.2, 0.25) is 0 Å². The Morgan fingerprint density at radius 2 is 2.29 bits per heavy atom. The molecule has 0 radical (unpaired) electrons. The molecular formula is C11H13N3O2S. The maximum absolute atomic E-state index is 11.2. The van der Waals surface area contributed by atoms with E-state index in [4.69, 9.17) is 16.2 Å². The number of anilines is 1. The number of nitrogens with zero attached hydrogens (tertiary/aromatic N) is 1. The predicted molar refractivity (Wildman–Crippen MR) is 68.0 cm³/mol. The van der Waals surface area contributed by atoms with E-state index in [0.29, 0.717) is 17.2 Å². The molecule has 0 aliphatic rings. The van der Waals surface area contributed by atoms with Gasteiger partial charge in [-0.25, -0.2) is 4.98 Å². The Balaban J connectivity index is 2.69. The first kappa shape index (κ1) is 11.8. The summed E-state index contributed by atoms with van der Waals surface area (Å²) < 4.78 is 5.04. The van der Waals surface area contributed by atoms with Crippen molar-refractivity contribution in [3.05, 3.63) is 22.2 Å². The number of fused-ring (bicyclic) bond motifs is 1. The van der Waals surface area contributed by atoms with Gasteiger partial charge in [-0.2, -0.15) is 0 Å². The number of aryl methyl sites for hydroxylation is 1. The van der Waals surface area contributed by atoms with E-state index in [0.717, 1.165) is 21.5 Å². The van der Waals surface area contributed by atoms with Crippen LogP contribution in [0.25, 0.3) is 10.2 Å². The van der Waals surface area contributed by atoms with Gasteiger partial charge in [0.05, 0.1) is 18.0 Å². The Morgan fingerprint density at radius 1 is 1.59 bits per heavy atom. The van der Waals surface area contributed by atoms with E-state index in [1.807, 2.05) is 13.0 Å². The topological polar surface area (TPSA) is 91.2 Å². The molecule has 5 nitrogen and oxygen atoms in total. The molecular weight excluding hydrogens is 238 g/mol. The summed E-state index contributed by atoms with van der Waals surface area (Å²) >= 11 is 1.22. The monoisotopic (exact) mass is 251 g/mol. The summed E-state index contributed by atoms with van der Waals surface area (Å²) in [5.41, 5.74) is 13.4. The Morgan fingerprint density at radius 3 is 2.88 bits per heavy atom. The minimum absolute atomic E-state index is 0.366. The molecule has 0 fully saturated rings. The molecule has 0 bridgehead atoms. The molecule has 0 aliphatic heterocycles. The van der Waals surface area contributed by atoms with Gasteiger partial charge in [-0.15, -0.1) is 11.3 Å². The number of thiophene rings is 1. The van der Waals surface area contributed by atoms with Crippen molar-refractivity contribution in [2.45, 2.75) is 13.5 Å². The number of carbonyl (C=O) groups excluding carboxylic acids is 1. The number of hydrogen-bond acceptors (Lipinski definition) is 5. The maximum atomic E-state index is 11.2. The molecule has 2 aromatic heterocycles. The minimum Gasteiger partial charge on any atom is -0.397 e. The van der Waals surface area contributed by atoms with Crippen LogP contribution in [0.15, 0.2) is 6.07 Å². The van der Waals surface area contributed by atoms with E-state index in [1.54, 1.807) is 7.11 Å². The van der Waals surface area contributed by atoms with Crippen LogP contribution < -0.4 is 11.5 Å². The number of rotatable bonds is 3. The van der Waals surface area contributed by atoms with Crippen LogP contribution in [0.1, 0.15) is 20.9 Å². The Kier molecular flexibility index (Phi) is 2.99. The number of hydrogen-bond donors (Lipinski definition) is 2. The van der Waals surface area contributed by atoms with Crippen molar-refractivity contribution >= 4 is 33.1 Å². The third-order valence-corrected chi connectivity index (χ3v) is 3.58. The minimum atomic E-state index is -0.516. The van der Waals surface area contributed by atoms with E-state index in [2.05, 4.69) is 4.98 Å². The first-order valence-corrected chi connectivity index (χ1v) is 5.83. The number of nitrogen functional groups attached to an aromatic ring is 1. The molecule has 0 aromatic carbocycles. The fraction of sp³-hybridized carbons (Fsp3) is 0.273. The number of aromatic nitrogens is 1. The van der Waals surface area contributed by atoms with Gasteiger partial charge in [0, 0.05) is 12.5 Å². The third-order valence-electron chi connectivity index (χ3n) is 2.47. The van der Waals surface area contributed by atoms with Crippen LogP contribution in [0.4, 0.5) is 5.69 Å². The van der Waals surface area contributed by atoms with Gasteiger partial charge in [0.25, 0.3) is 5.91 Å². The number of pyridine rings is 1. The van der Waals surface area contributed by atoms with E-state index < -0.39 is 5.91 Å². The number of amides is 1. The summed E-state index contributed by atoms with van der Waals surface area (Å²) in [5, 5.41) is 0.809. The van der Waals surface area contributed by atoms with Crippen molar-refractivity contribution in [1.29, 1.82) is 0 Å². The largest absolute Gasteiger partial charge is 0.397 e. The maximum Gasteiger partial charge on any atom is 0.260 e. The highest BCUT2D eigenvalue weighted by molar-refractivity contribution is 7.21. The zero-order chi connectivity index (χ0) is 12.6. The number of primary amides is 1. The smallest absolute Gasteiger partial charge is 0.260 e. The first-order chi connectivity index (χ1) is 8.04. The van der Waals surface area contributed by atoms with Crippen molar-refractivity contribution in [1.82, 2.24) is 4.98 Å². The molecule has 0 atom stereocenters. The molecule has 6 heteroatoms. The second-order valence-corrected chi connectivity index (χ2v) is 4.75. The van der Waals surface area contributed by atoms with Crippen LogP contribution in [0.3, 0.4) is 0 Å². The number of methoxy groups -OCH3 is 1. The zero-order valence-electron chi connectivity index (χ0n) is 9.61. The van der Waals surface area contributed by atoms with E-state index >= 15 is 0 Å². The van der Waals surface area contributed by atoms with Gasteiger partial charge < -0.3 is 16.2 Å². The van der Waals surface area contributed by atoms with Crippen LogP contribution in [-0.4, -0.2) is 18.0 Å². The van der Waals surface area contributed by atoms with Crippen molar-refractivity contribution < 1.29 is 9.53 Å². The third kappa shape index (κ3) is 1.96. The number of nitrogens with two attached hydrogens (primary N) is 2. The number of ether oxygens (including phenoxy) is 1. The fourth-order valence-corrected chi connectivity index (χ4v) is 2.82. The van der Waals surface area contributed by atoms with Crippen LogP contribution in [0, 0.1) is 6.92 Å². The van der Waals surface area contributed by atoms with Gasteiger partial charge in [-0.1, -0.05) is 0 Å². The van der Waals surface area contributed by atoms with Crippen LogP contribution in [0.5, 0.6) is 0 Å². The van der Waals surface area contributed by atoms with Gasteiger partial charge in [0.15, 0.2) is 0 Å². The molecule has 2 aromatic rings. The second kappa shape index (κ2) is 4.31. The molecule has 0 aliphatic carbocycles. The van der Waals surface area contributed by atoms with E-state index in [9.17, 15) is 4.79 Å². The summed E-state index contributed by atoms with van der Waals surface area (Å²) in [6.45, 7) is 2.36. The van der Waals surface area contributed by atoms with Crippen molar-refractivity contribution in [3.8, 4) is 0 Å². The molecule has 4 N–H and O–H groups in total. The van der Waals surface area contributed by atoms with Gasteiger partial charge >= 0.3 is 0 Å². The molecule has 90 valence electrons. The summed E-state index contributed by atoms with van der Waals surface area (Å²) in [7, 11) is 1.61. The molecule has 0 saturated carbocycles. The fourth-order valence-electron chi connectivity index (χ4n) is 1.78. The highest BCUT2D eigenvalue weighted by Gasteiger charge is 2.17. The molecule has 0 unspecified atom stereocenters. The highest BCUT2D eigenvalue weighted by atomic mass is 32.1. The Hall–Kier alpha value is -1.66. The van der Waals surface area contributed by atoms with E-state index in [1.165, 1.54) is 11.3 Å². The van der Waals surface area contributed by atoms with Crippen LogP contribution in [0.2, 0.25) is 0 Å². The average Bonchev–Trinajstić information content (AvgIpc) is 2.56. The molecule has 0 spiro atoms. The molecule has 2 heterocycles. The lowest BCUT2D eigenvalue weighted by molar-refractivity contribution is 0.100. The number of carbonyl (C=O) groups is 1. The second-order valence-electron chi connectivity index (χ2n) is 3.75. The quantitative estimate of drug-likeness (QED) is 0.863. The van der Waals surface area contributed by atoms with Crippen molar-refractivity contribution in [3.63, 3.8) is 0 Å². The summed E-state index contributed by atoms with van der Waals surface area (Å²) in [4.78, 5) is 16.7. The van der Waals surface area contributed by atoms with Gasteiger partial charge in [-0.3, -0.25) is 4.79 Å².